The van der Waals surface area contributed by atoms with Crippen LogP contribution in [0.15, 0.2) is 0 Å². The molecule has 0 aliphatic heterocycles. The van der Waals surface area contributed by atoms with Gasteiger partial charge in [0, 0.05) is 13.1 Å². The largest absolute Gasteiger partial charge is 0.353 e. The molecular weight excluding hydrogens is 163 g/mol. The second-order valence-electron chi connectivity index (χ2n) is 2.15. The maximum atomic E-state index is 12.7. The van der Waals surface area contributed by atoms with Crippen molar-refractivity contribution in [2.45, 2.75) is 20.0 Å². The molecule has 0 aromatic heterocycles. The van der Waals surface area contributed by atoms with Crippen molar-refractivity contribution >= 4 is 11.8 Å². The third-order valence-corrected chi connectivity index (χ3v) is 1.16. The van der Waals surface area contributed by atoms with Gasteiger partial charge in [-0.2, -0.15) is 0 Å². The first-order chi connectivity index (χ1) is 5.63. The quantitative estimate of drug-likeness (QED) is 0.572. The fraction of sp³-hybridized carbons (Fsp3) is 0.714. The van der Waals surface area contributed by atoms with Crippen molar-refractivity contribution in [3.8, 4) is 0 Å². The third kappa shape index (κ3) is 3.32. The summed E-state index contributed by atoms with van der Waals surface area (Å²) in [4.78, 5) is 21.4. The lowest BCUT2D eigenvalue weighted by molar-refractivity contribution is -0.136. The van der Waals surface area contributed by atoms with Gasteiger partial charge in [0.25, 0.3) is 18.0 Å². The van der Waals surface area contributed by atoms with Crippen molar-refractivity contribution in [2.24, 2.45) is 0 Å². The average molecular weight is 176 g/mol. The molecular formula is C7H13FN2O2. The summed E-state index contributed by atoms with van der Waals surface area (Å²) in [6.07, 6.45) is -2.09. The molecule has 0 atom stereocenters. The van der Waals surface area contributed by atoms with E-state index < -0.39 is 18.0 Å². The summed E-state index contributed by atoms with van der Waals surface area (Å²) in [5, 5.41) is 4.42. The van der Waals surface area contributed by atoms with Gasteiger partial charge in [0.15, 0.2) is 0 Å². The van der Waals surface area contributed by atoms with Crippen molar-refractivity contribution in [1.82, 2.24) is 10.6 Å². The van der Waals surface area contributed by atoms with Crippen LogP contribution in [0.3, 0.4) is 0 Å². The van der Waals surface area contributed by atoms with E-state index in [1.54, 1.807) is 13.8 Å². The maximum Gasteiger partial charge on any atom is 0.264 e. The molecule has 2 amide bonds. The minimum atomic E-state index is -2.09. The first-order valence-corrected chi connectivity index (χ1v) is 3.83. The lowest BCUT2D eigenvalue weighted by Gasteiger charge is -2.06. The van der Waals surface area contributed by atoms with Gasteiger partial charge in [-0.3, -0.25) is 9.59 Å². The first-order valence-electron chi connectivity index (χ1n) is 3.83. The first kappa shape index (κ1) is 10.9. The molecule has 0 saturated carbocycles. The monoisotopic (exact) mass is 176 g/mol. The van der Waals surface area contributed by atoms with Crippen LogP contribution >= 0.6 is 0 Å². The second kappa shape index (κ2) is 5.51. The van der Waals surface area contributed by atoms with Gasteiger partial charge in [0.05, 0.1) is 0 Å². The van der Waals surface area contributed by atoms with Crippen LogP contribution in [0.5, 0.6) is 0 Å². The molecule has 0 aliphatic rings. The zero-order valence-electron chi connectivity index (χ0n) is 7.19. The minimum absolute atomic E-state index is 0.318. The Morgan fingerprint density at radius 1 is 1.17 bits per heavy atom. The van der Waals surface area contributed by atoms with Crippen LogP contribution in [0.1, 0.15) is 13.8 Å². The lowest BCUT2D eigenvalue weighted by Crippen LogP contribution is -2.42. The Kier molecular flexibility index (Phi) is 4.99. The van der Waals surface area contributed by atoms with Crippen molar-refractivity contribution in [3.63, 3.8) is 0 Å². The Balaban J connectivity index is 3.91. The van der Waals surface area contributed by atoms with Crippen molar-refractivity contribution < 1.29 is 14.0 Å². The maximum absolute atomic E-state index is 12.7. The zero-order valence-corrected chi connectivity index (χ0v) is 7.19. The normalized spacial score (nSPS) is 9.67. The van der Waals surface area contributed by atoms with Crippen LogP contribution in [0.25, 0.3) is 0 Å². The van der Waals surface area contributed by atoms with Gasteiger partial charge >= 0.3 is 0 Å². The number of hydrogen-bond donors (Lipinski definition) is 2. The van der Waals surface area contributed by atoms with Crippen LogP contribution < -0.4 is 10.6 Å². The van der Waals surface area contributed by atoms with E-state index in [4.69, 9.17) is 0 Å². The predicted molar refractivity (Wildman–Crippen MR) is 42.3 cm³/mol. The molecule has 0 aromatic carbocycles. The summed E-state index contributed by atoms with van der Waals surface area (Å²) < 4.78 is 12.7. The molecule has 0 saturated heterocycles. The number of hydrogen-bond acceptors (Lipinski definition) is 2. The van der Waals surface area contributed by atoms with Gasteiger partial charge < -0.3 is 10.6 Å². The number of amides is 2. The predicted octanol–water partition coefficient (Wildman–Crippen LogP) is -0.403. The van der Waals surface area contributed by atoms with Crippen molar-refractivity contribution in [3.05, 3.63) is 0 Å². The number of alkyl halides is 1. The molecule has 0 aromatic rings. The highest BCUT2D eigenvalue weighted by Gasteiger charge is 2.24. The molecule has 0 heterocycles. The topological polar surface area (TPSA) is 58.2 Å². The zero-order chi connectivity index (χ0) is 9.56. The standard InChI is InChI=1S/C7H13FN2O2/c1-3-9-6(11)5(8)7(12)10-4-2/h5H,3-4H2,1-2H3,(H,9,11)(H,10,12). The van der Waals surface area contributed by atoms with Crippen LogP contribution in [0.2, 0.25) is 0 Å². The molecule has 0 fully saturated rings. The summed E-state index contributed by atoms with van der Waals surface area (Å²) in [6.45, 7) is 3.95. The second-order valence-corrected chi connectivity index (χ2v) is 2.15. The smallest absolute Gasteiger partial charge is 0.264 e. The van der Waals surface area contributed by atoms with E-state index in [1.807, 2.05) is 0 Å². The Bertz CT molecular complexity index is 155. The van der Waals surface area contributed by atoms with Gasteiger partial charge in [-0.25, -0.2) is 4.39 Å². The Labute approximate surface area is 70.5 Å². The molecule has 0 rings (SSSR count). The van der Waals surface area contributed by atoms with Gasteiger partial charge in [-0.1, -0.05) is 0 Å². The van der Waals surface area contributed by atoms with Gasteiger partial charge in [-0.05, 0) is 13.8 Å². The van der Waals surface area contributed by atoms with Crippen LogP contribution in [0, 0.1) is 0 Å². The number of carbonyl (C=O) groups is 2. The van der Waals surface area contributed by atoms with Crippen LogP contribution in [-0.2, 0) is 9.59 Å². The van der Waals surface area contributed by atoms with Crippen molar-refractivity contribution in [2.75, 3.05) is 13.1 Å². The average Bonchev–Trinajstić information content (AvgIpc) is 2.04. The molecule has 0 unspecified atom stereocenters. The lowest BCUT2D eigenvalue weighted by atomic mass is 10.3. The molecule has 4 nitrogen and oxygen atoms in total. The molecule has 0 aliphatic carbocycles. The van der Waals surface area contributed by atoms with E-state index in [2.05, 4.69) is 10.6 Å². The number of halogens is 1. The van der Waals surface area contributed by atoms with E-state index in [0.29, 0.717) is 13.1 Å². The minimum Gasteiger partial charge on any atom is -0.353 e. The molecule has 12 heavy (non-hydrogen) atoms. The Morgan fingerprint density at radius 2 is 1.50 bits per heavy atom. The van der Waals surface area contributed by atoms with Gasteiger partial charge in [-0.15, -0.1) is 0 Å². The summed E-state index contributed by atoms with van der Waals surface area (Å²) in [5.74, 6) is -1.77. The number of carbonyl (C=O) groups excluding carboxylic acids is 2. The van der Waals surface area contributed by atoms with E-state index in [-0.39, 0.29) is 0 Å². The molecule has 0 spiro atoms. The van der Waals surface area contributed by atoms with E-state index in [0.717, 1.165) is 0 Å². The van der Waals surface area contributed by atoms with Crippen LogP contribution in [-0.4, -0.2) is 31.1 Å². The number of nitrogens with one attached hydrogen (secondary N) is 2. The fourth-order valence-corrected chi connectivity index (χ4v) is 0.647. The van der Waals surface area contributed by atoms with E-state index in [9.17, 15) is 14.0 Å². The van der Waals surface area contributed by atoms with Gasteiger partial charge in [0.1, 0.15) is 0 Å². The summed E-state index contributed by atoms with van der Waals surface area (Å²) in [6, 6.07) is 0. The third-order valence-electron chi connectivity index (χ3n) is 1.16. The van der Waals surface area contributed by atoms with Crippen LogP contribution in [0.4, 0.5) is 4.39 Å². The highest BCUT2D eigenvalue weighted by Crippen LogP contribution is 1.90. The molecule has 0 bridgehead atoms. The van der Waals surface area contributed by atoms with E-state index in [1.165, 1.54) is 0 Å². The summed E-state index contributed by atoms with van der Waals surface area (Å²) in [7, 11) is 0. The SMILES string of the molecule is CCNC(=O)C(F)C(=O)NCC. The van der Waals surface area contributed by atoms with E-state index >= 15 is 0 Å². The Hall–Kier alpha value is -1.13. The fourth-order valence-electron chi connectivity index (χ4n) is 0.647. The highest BCUT2D eigenvalue weighted by atomic mass is 19.1. The Morgan fingerprint density at radius 3 is 1.75 bits per heavy atom. The van der Waals surface area contributed by atoms with Gasteiger partial charge in [0.2, 0.25) is 0 Å². The summed E-state index contributed by atoms with van der Waals surface area (Å²) >= 11 is 0. The highest BCUT2D eigenvalue weighted by molar-refractivity contribution is 6.03. The molecule has 70 valence electrons. The number of rotatable bonds is 4. The summed E-state index contributed by atoms with van der Waals surface area (Å²) in [5.41, 5.74) is 0. The molecule has 0 radical (unpaired) electrons. The van der Waals surface area contributed by atoms with Crippen molar-refractivity contribution in [1.29, 1.82) is 0 Å². The molecule has 5 heteroatoms. The molecule has 2 N–H and O–H groups in total.